The minimum absolute atomic E-state index is 0.774. The Kier molecular flexibility index (Phi) is 5.21. The third-order valence-corrected chi connectivity index (χ3v) is 5.59. The van der Waals surface area contributed by atoms with Crippen LogP contribution in [-0.4, -0.2) is 22.3 Å². The van der Waals surface area contributed by atoms with Gasteiger partial charge in [0.1, 0.15) is 5.84 Å². The number of benzene rings is 2. The van der Waals surface area contributed by atoms with Crippen molar-refractivity contribution in [3.63, 3.8) is 0 Å². The van der Waals surface area contributed by atoms with E-state index in [0.717, 1.165) is 38.2 Å². The van der Waals surface area contributed by atoms with Gasteiger partial charge in [0.15, 0.2) is 0 Å². The molecule has 0 atom stereocenters. The lowest BCUT2D eigenvalue weighted by Crippen LogP contribution is -2.27. The molecule has 30 heavy (non-hydrogen) atoms. The second-order valence-corrected chi connectivity index (χ2v) is 7.65. The van der Waals surface area contributed by atoms with Gasteiger partial charge in [0, 0.05) is 42.3 Å². The number of hydrogen-bond acceptors (Lipinski definition) is 3. The van der Waals surface area contributed by atoms with Crippen LogP contribution in [0.25, 0.3) is 10.8 Å². The van der Waals surface area contributed by atoms with Crippen molar-refractivity contribution in [3.8, 4) is 0 Å². The first-order valence-electron chi connectivity index (χ1n) is 10.5. The number of hydrogen-bond donors (Lipinski definition) is 0. The molecule has 4 nitrogen and oxygen atoms in total. The van der Waals surface area contributed by atoms with Gasteiger partial charge in [0.2, 0.25) is 0 Å². The minimum atomic E-state index is 0.774. The van der Waals surface area contributed by atoms with E-state index in [2.05, 4.69) is 63.4 Å². The molecule has 0 aliphatic carbocycles. The minimum Gasteiger partial charge on any atom is -0.321 e. The fourth-order valence-corrected chi connectivity index (χ4v) is 4.17. The fraction of sp³-hybridized carbons (Fsp3) is 0.192. The monoisotopic (exact) mass is 392 g/mol. The SMILES string of the molecule is c1cncc(CCCCN=C2c3cccc4cccc(c34)N2Cc2cccnc2)c1. The van der Waals surface area contributed by atoms with Crippen molar-refractivity contribution in [1.82, 2.24) is 9.97 Å². The van der Waals surface area contributed by atoms with Gasteiger partial charge in [0.25, 0.3) is 0 Å². The molecule has 5 rings (SSSR count). The lowest BCUT2D eigenvalue weighted by molar-refractivity contribution is 0.742. The zero-order valence-corrected chi connectivity index (χ0v) is 16.9. The molecule has 1 aliphatic heterocycles. The van der Waals surface area contributed by atoms with Crippen molar-refractivity contribution in [2.24, 2.45) is 4.99 Å². The van der Waals surface area contributed by atoms with Crippen molar-refractivity contribution in [2.45, 2.75) is 25.8 Å². The number of aryl methyl sites for hydroxylation is 1. The molecule has 3 heterocycles. The number of pyridine rings is 2. The van der Waals surface area contributed by atoms with Gasteiger partial charge < -0.3 is 4.90 Å². The van der Waals surface area contributed by atoms with Crippen LogP contribution in [0.3, 0.4) is 0 Å². The van der Waals surface area contributed by atoms with Gasteiger partial charge in [-0.3, -0.25) is 15.0 Å². The number of anilines is 1. The second kappa shape index (κ2) is 8.46. The van der Waals surface area contributed by atoms with Crippen LogP contribution in [0.4, 0.5) is 5.69 Å². The van der Waals surface area contributed by atoms with E-state index in [1.165, 1.54) is 33.2 Å². The lowest BCUT2D eigenvalue weighted by atomic mass is 10.1. The van der Waals surface area contributed by atoms with Crippen molar-refractivity contribution in [1.29, 1.82) is 0 Å². The molecule has 148 valence electrons. The zero-order valence-electron chi connectivity index (χ0n) is 16.9. The predicted octanol–water partition coefficient (Wildman–Crippen LogP) is 5.42. The smallest absolute Gasteiger partial charge is 0.136 e. The van der Waals surface area contributed by atoms with E-state index in [1.54, 1.807) is 0 Å². The van der Waals surface area contributed by atoms with E-state index >= 15 is 0 Å². The first-order valence-corrected chi connectivity index (χ1v) is 10.5. The largest absolute Gasteiger partial charge is 0.321 e. The quantitative estimate of drug-likeness (QED) is 0.394. The lowest BCUT2D eigenvalue weighted by Gasteiger charge is -2.21. The van der Waals surface area contributed by atoms with E-state index in [9.17, 15) is 0 Å². The average molecular weight is 393 g/mol. The summed E-state index contributed by atoms with van der Waals surface area (Å²) in [7, 11) is 0. The highest BCUT2D eigenvalue weighted by Gasteiger charge is 2.27. The summed E-state index contributed by atoms with van der Waals surface area (Å²) in [5.41, 5.74) is 4.95. The molecule has 4 aromatic rings. The Balaban J connectivity index is 1.38. The molecule has 0 saturated heterocycles. The Morgan fingerprint density at radius 3 is 2.30 bits per heavy atom. The van der Waals surface area contributed by atoms with Crippen molar-refractivity contribution in [3.05, 3.63) is 102 Å². The van der Waals surface area contributed by atoms with Gasteiger partial charge in [-0.05, 0) is 54.0 Å². The zero-order chi connectivity index (χ0) is 20.2. The van der Waals surface area contributed by atoms with Crippen molar-refractivity contribution in [2.75, 3.05) is 11.4 Å². The summed E-state index contributed by atoms with van der Waals surface area (Å²) in [6.07, 6.45) is 10.8. The van der Waals surface area contributed by atoms with Gasteiger partial charge in [-0.15, -0.1) is 0 Å². The van der Waals surface area contributed by atoms with Gasteiger partial charge in [-0.2, -0.15) is 0 Å². The van der Waals surface area contributed by atoms with E-state index in [0.29, 0.717) is 0 Å². The Morgan fingerprint density at radius 1 is 0.767 bits per heavy atom. The summed E-state index contributed by atoms with van der Waals surface area (Å²) in [6.45, 7) is 1.60. The van der Waals surface area contributed by atoms with E-state index in [4.69, 9.17) is 4.99 Å². The Hall–Kier alpha value is -3.53. The van der Waals surface area contributed by atoms with Gasteiger partial charge in [0.05, 0.1) is 12.2 Å². The third kappa shape index (κ3) is 3.69. The van der Waals surface area contributed by atoms with Crippen LogP contribution < -0.4 is 4.90 Å². The first-order chi connectivity index (χ1) is 14.9. The van der Waals surface area contributed by atoms with E-state index in [1.807, 2.05) is 36.9 Å². The maximum absolute atomic E-state index is 5.08. The van der Waals surface area contributed by atoms with Crippen LogP contribution in [0.15, 0.2) is 90.4 Å². The molecule has 0 bridgehead atoms. The Bertz CT molecular complexity index is 1160. The van der Waals surface area contributed by atoms with Crippen LogP contribution in [0.2, 0.25) is 0 Å². The van der Waals surface area contributed by atoms with E-state index in [-0.39, 0.29) is 0 Å². The van der Waals surface area contributed by atoms with Crippen LogP contribution in [-0.2, 0) is 13.0 Å². The van der Waals surface area contributed by atoms with Crippen LogP contribution in [0.1, 0.15) is 29.5 Å². The second-order valence-electron chi connectivity index (χ2n) is 7.65. The summed E-state index contributed by atoms with van der Waals surface area (Å²) in [4.78, 5) is 15.9. The number of nitrogens with zero attached hydrogens (tertiary/aromatic N) is 4. The Morgan fingerprint density at radius 2 is 1.53 bits per heavy atom. The molecule has 0 amide bonds. The molecule has 0 unspecified atom stereocenters. The van der Waals surface area contributed by atoms with Crippen molar-refractivity contribution < 1.29 is 0 Å². The topological polar surface area (TPSA) is 41.4 Å². The number of aromatic nitrogens is 2. The average Bonchev–Trinajstić information content (AvgIpc) is 3.10. The maximum atomic E-state index is 5.08. The highest BCUT2D eigenvalue weighted by atomic mass is 15.2. The highest BCUT2D eigenvalue weighted by molar-refractivity contribution is 6.27. The summed E-state index contributed by atoms with van der Waals surface area (Å²) in [5.74, 6) is 1.08. The number of unbranched alkanes of at least 4 members (excludes halogenated alkanes) is 1. The van der Waals surface area contributed by atoms with Gasteiger partial charge in [-0.25, -0.2) is 0 Å². The first kappa shape index (κ1) is 18.5. The number of aliphatic imine (C=N–C) groups is 1. The number of amidine groups is 1. The summed E-state index contributed by atoms with van der Waals surface area (Å²) >= 11 is 0. The molecule has 0 fully saturated rings. The van der Waals surface area contributed by atoms with Crippen LogP contribution in [0.5, 0.6) is 0 Å². The molecular weight excluding hydrogens is 368 g/mol. The van der Waals surface area contributed by atoms with Gasteiger partial charge >= 0.3 is 0 Å². The molecular formula is C26H24N4. The molecule has 4 heteroatoms. The van der Waals surface area contributed by atoms with E-state index < -0.39 is 0 Å². The van der Waals surface area contributed by atoms with Crippen LogP contribution in [0, 0.1) is 0 Å². The third-order valence-electron chi connectivity index (χ3n) is 5.59. The maximum Gasteiger partial charge on any atom is 0.136 e. The highest BCUT2D eigenvalue weighted by Crippen LogP contribution is 2.38. The molecule has 0 spiro atoms. The molecule has 0 saturated carbocycles. The molecule has 0 N–H and O–H groups in total. The van der Waals surface area contributed by atoms with Crippen LogP contribution >= 0.6 is 0 Å². The Labute approximate surface area is 177 Å². The molecule has 2 aromatic carbocycles. The van der Waals surface area contributed by atoms with Crippen molar-refractivity contribution >= 4 is 22.3 Å². The molecule has 0 radical (unpaired) electrons. The molecule has 1 aliphatic rings. The fourth-order valence-electron chi connectivity index (χ4n) is 4.17. The normalized spacial score (nSPS) is 14.0. The number of rotatable bonds is 7. The predicted molar refractivity (Wildman–Crippen MR) is 123 cm³/mol. The summed E-state index contributed by atoms with van der Waals surface area (Å²) in [6, 6.07) is 21.3. The summed E-state index contributed by atoms with van der Waals surface area (Å²) in [5, 5.41) is 2.57. The summed E-state index contributed by atoms with van der Waals surface area (Å²) < 4.78 is 0. The molecule has 2 aromatic heterocycles. The standard InChI is InChI=1S/C26H24N4/c1(7-20-8-5-14-27-17-20)2-16-29-26-23-12-3-10-22-11-4-13-24(25(22)23)30(26)19-21-9-6-15-28-18-21/h3-6,8-15,17-18H,1-2,7,16,19H2. The van der Waals surface area contributed by atoms with Gasteiger partial charge in [-0.1, -0.05) is 42.5 Å².